The fraction of sp³-hybridized carbons (Fsp3) is 1.00. The number of hydrogen-bond acceptors (Lipinski definition) is 1. The summed E-state index contributed by atoms with van der Waals surface area (Å²) in [6.07, 6.45) is 5.58. The minimum Gasteiger partial charge on any atom is -0.314 e. The van der Waals surface area contributed by atoms with Crippen molar-refractivity contribution in [1.29, 1.82) is 0 Å². The lowest BCUT2D eigenvalue weighted by Gasteiger charge is -2.19. The molecule has 1 rings (SSSR count). The topological polar surface area (TPSA) is 12.0 Å². The van der Waals surface area contributed by atoms with Crippen molar-refractivity contribution in [2.45, 2.75) is 45.6 Å². The lowest BCUT2D eigenvalue weighted by Crippen LogP contribution is -2.31. The van der Waals surface area contributed by atoms with Crippen LogP contribution in [0.15, 0.2) is 0 Å². The second-order valence-electron chi connectivity index (χ2n) is 3.41. The molecule has 1 saturated heterocycles. The Kier molecular flexibility index (Phi) is 3.20. The summed E-state index contributed by atoms with van der Waals surface area (Å²) in [7, 11) is 0. The molecular weight excluding hydrogens is 122 g/mol. The molecule has 0 amide bonds. The zero-order valence-electron chi connectivity index (χ0n) is 7.19. The minimum atomic E-state index is 0.757. The van der Waals surface area contributed by atoms with E-state index in [4.69, 9.17) is 0 Å². The Labute approximate surface area is 64.2 Å². The molecule has 1 fully saturated rings. The van der Waals surface area contributed by atoms with Gasteiger partial charge < -0.3 is 5.32 Å². The highest BCUT2D eigenvalue weighted by molar-refractivity contribution is 4.74. The molecule has 60 valence electrons. The van der Waals surface area contributed by atoms with Crippen LogP contribution in [0.2, 0.25) is 0 Å². The van der Waals surface area contributed by atoms with Crippen molar-refractivity contribution in [3.8, 4) is 0 Å². The van der Waals surface area contributed by atoms with E-state index in [0.29, 0.717) is 0 Å². The van der Waals surface area contributed by atoms with Gasteiger partial charge in [-0.25, -0.2) is 0 Å². The molecule has 1 aliphatic heterocycles. The Morgan fingerprint density at radius 2 is 2.20 bits per heavy atom. The van der Waals surface area contributed by atoms with Gasteiger partial charge in [0.15, 0.2) is 0 Å². The summed E-state index contributed by atoms with van der Waals surface area (Å²) in [5, 5.41) is 3.55. The van der Waals surface area contributed by atoms with Gasteiger partial charge in [-0.05, 0) is 32.2 Å². The Balaban J connectivity index is 2.35. The molecule has 1 N–H and O–H groups in total. The molecule has 1 nitrogen and oxygen atoms in total. The summed E-state index contributed by atoms with van der Waals surface area (Å²) in [5.41, 5.74) is 0. The molecule has 1 aliphatic rings. The van der Waals surface area contributed by atoms with Gasteiger partial charge in [0.2, 0.25) is 0 Å². The van der Waals surface area contributed by atoms with Crippen LogP contribution in [0.3, 0.4) is 0 Å². The van der Waals surface area contributed by atoms with E-state index in [0.717, 1.165) is 12.0 Å². The third kappa shape index (κ3) is 1.98. The highest BCUT2D eigenvalue weighted by Gasteiger charge is 2.16. The van der Waals surface area contributed by atoms with Gasteiger partial charge >= 0.3 is 0 Å². The number of rotatable bonds is 1. The van der Waals surface area contributed by atoms with Crippen LogP contribution >= 0.6 is 0 Å². The smallest absolute Gasteiger partial charge is 0.00668 e. The van der Waals surface area contributed by atoms with Crippen LogP contribution in [0, 0.1) is 5.92 Å². The zero-order chi connectivity index (χ0) is 7.40. The van der Waals surface area contributed by atoms with Crippen LogP contribution in [-0.4, -0.2) is 12.6 Å². The molecule has 0 saturated carbocycles. The average molecular weight is 141 g/mol. The van der Waals surface area contributed by atoms with Crippen molar-refractivity contribution in [2.24, 2.45) is 5.92 Å². The Hall–Kier alpha value is -0.0400. The molecule has 0 aromatic heterocycles. The molecule has 0 aromatic rings. The van der Waals surface area contributed by atoms with Crippen LogP contribution in [0.25, 0.3) is 0 Å². The summed E-state index contributed by atoms with van der Waals surface area (Å²) < 4.78 is 0. The van der Waals surface area contributed by atoms with E-state index < -0.39 is 0 Å². The Morgan fingerprint density at radius 1 is 1.40 bits per heavy atom. The highest BCUT2D eigenvalue weighted by Crippen LogP contribution is 2.19. The van der Waals surface area contributed by atoms with Gasteiger partial charge in [-0.2, -0.15) is 0 Å². The molecule has 0 aliphatic carbocycles. The van der Waals surface area contributed by atoms with Gasteiger partial charge in [0, 0.05) is 6.04 Å². The van der Waals surface area contributed by atoms with Gasteiger partial charge in [0.1, 0.15) is 0 Å². The quantitative estimate of drug-likeness (QED) is 0.590. The van der Waals surface area contributed by atoms with Crippen LogP contribution in [-0.2, 0) is 0 Å². The van der Waals surface area contributed by atoms with Crippen molar-refractivity contribution in [3.63, 3.8) is 0 Å². The molecule has 10 heavy (non-hydrogen) atoms. The van der Waals surface area contributed by atoms with Crippen molar-refractivity contribution in [2.75, 3.05) is 6.54 Å². The molecule has 2 unspecified atom stereocenters. The summed E-state index contributed by atoms with van der Waals surface area (Å²) in [5.74, 6) is 0.933. The second-order valence-corrected chi connectivity index (χ2v) is 3.41. The van der Waals surface area contributed by atoms with E-state index in [1.54, 1.807) is 0 Å². The van der Waals surface area contributed by atoms with Crippen LogP contribution in [0.4, 0.5) is 0 Å². The monoisotopic (exact) mass is 141 g/mol. The third-order valence-electron chi connectivity index (χ3n) is 2.70. The van der Waals surface area contributed by atoms with E-state index in [-0.39, 0.29) is 0 Å². The van der Waals surface area contributed by atoms with Crippen molar-refractivity contribution in [1.82, 2.24) is 5.32 Å². The first kappa shape index (κ1) is 8.06. The standard InChI is InChI=1S/C9H19N/c1-3-9-6-4-5-7-10-8(9)2/h8-10H,3-7H2,1-2H3. The maximum Gasteiger partial charge on any atom is 0.00668 e. The van der Waals surface area contributed by atoms with Crippen LogP contribution in [0.1, 0.15) is 39.5 Å². The van der Waals surface area contributed by atoms with E-state index in [2.05, 4.69) is 19.2 Å². The molecule has 2 atom stereocenters. The lowest BCUT2D eigenvalue weighted by atomic mass is 9.94. The van der Waals surface area contributed by atoms with Crippen LogP contribution < -0.4 is 5.32 Å². The maximum absolute atomic E-state index is 3.55. The fourth-order valence-corrected chi connectivity index (χ4v) is 1.84. The molecule has 1 heterocycles. The highest BCUT2D eigenvalue weighted by atomic mass is 14.9. The van der Waals surface area contributed by atoms with Gasteiger partial charge in [-0.15, -0.1) is 0 Å². The molecule has 0 radical (unpaired) electrons. The Bertz CT molecular complexity index is 90.7. The van der Waals surface area contributed by atoms with Crippen molar-refractivity contribution < 1.29 is 0 Å². The molecule has 1 heteroatoms. The van der Waals surface area contributed by atoms with Gasteiger partial charge in [0.05, 0.1) is 0 Å². The predicted octanol–water partition coefficient (Wildman–Crippen LogP) is 2.17. The van der Waals surface area contributed by atoms with E-state index >= 15 is 0 Å². The summed E-state index contributed by atoms with van der Waals surface area (Å²) >= 11 is 0. The molecule has 0 aromatic carbocycles. The largest absolute Gasteiger partial charge is 0.314 e. The van der Waals surface area contributed by atoms with Gasteiger partial charge in [0.25, 0.3) is 0 Å². The molecule has 0 bridgehead atoms. The van der Waals surface area contributed by atoms with Gasteiger partial charge in [-0.1, -0.05) is 19.8 Å². The van der Waals surface area contributed by atoms with Crippen molar-refractivity contribution >= 4 is 0 Å². The lowest BCUT2D eigenvalue weighted by molar-refractivity contribution is 0.373. The first-order valence-electron chi connectivity index (χ1n) is 4.58. The van der Waals surface area contributed by atoms with Gasteiger partial charge in [-0.3, -0.25) is 0 Å². The fourth-order valence-electron chi connectivity index (χ4n) is 1.84. The first-order valence-corrected chi connectivity index (χ1v) is 4.58. The van der Waals surface area contributed by atoms with E-state index in [9.17, 15) is 0 Å². The third-order valence-corrected chi connectivity index (χ3v) is 2.70. The Morgan fingerprint density at radius 3 is 2.90 bits per heavy atom. The van der Waals surface area contributed by atoms with E-state index in [1.807, 2.05) is 0 Å². The SMILES string of the molecule is CCC1CCCCNC1C. The van der Waals surface area contributed by atoms with E-state index in [1.165, 1.54) is 32.2 Å². The first-order chi connectivity index (χ1) is 4.84. The van der Waals surface area contributed by atoms with Crippen molar-refractivity contribution in [3.05, 3.63) is 0 Å². The summed E-state index contributed by atoms with van der Waals surface area (Å²) in [6.45, 7) is 5.85. The normalized spacial score (nSPS) is 35.4. The average Bonchev–Trinajstić information content (AvgIpc) is 2.13. The maximum atomic E-state index is 3.55. The predicted molar refractivity (Wildman–Crippen MR) is 45.1 cm³/mol. The summed E-state index contributed by atoms with van der Waals surface area (Å²) in [4.78, 5) is 0. The second kappa shape index (κ2) is 3.97. The number of hydrogen-bond donors (Lipinski definition) is 1. The summed E-state index contributed by atoms with van der Waals surface area (Å²) in [6, 6.07) is 0.757. The number of nitrogens with one attached hydrogen (secondary N) is 1. The van der Waals surface area contributed by atoms with Crippen LogP contribution in [0.5, 0.6) is 0 Å². The minimum absolute atomic E-state index is 0.757. The molecule has 0 spiro atoms. The zero-order valence-corrected chi connectivity index (χ0v) is 7.19. The molecular formula is C9H19N.